The molecule has 0 aromatic heterocycles. The molecule has 0 radical (unpaired) electrons. The fourth-order valence-electron chi connectivity index (χ4n) is 2.08. The van der Waals surface area contributed by atoms with Gasteiger partial charge >= 0.3 is 6.03 Å². The third-order valence-corrected chi connectivity index (χ3v) is 3.35. The highest BCUT2D eigenvalue weighted by atomic mass is 19.1. The number of primary amides is 1. The number of nitrogens with one attached hydrogen (secondary N) is 2. The quantitative estimate of drug-likeness (QED) is 0.681. The van der Waals surface area contributed by atoms with Crippen molar-refractivity contribution in [2.75, 3.05) is 13.7 Å². The first-order chi connectivity index (χ1) is 9.88. The van der Waals surface area contributed by atoms with Gasteiger partial charge in [0.1, 0.15) is 6.54 Å². The van der Waals surface area contributed by atoms with Gasteiger partial charge in [0.05, 0.1) is 13.7 Å². The van der Waals surface area contributed by atoms with Crippen LogP contribution in [-0.4, -0.2) is 31.6 Å². The van der Waals surface area contributed by atoms with Crippen molar-refractivity contribution in [1.29, 1.82) is 0 Å². The van der Waals surface area contributed by atoms with Crippen molar-refractivity contribution in [2.24, 2.45) is 5.73 Å². The zero-order valence-electron chi connectivity index (χ0n) is 12.4. The lowest BCUT2D eigenvalue weighted by molar-refractivity contribution is -0.926. The van der Waals surface area contributed by atoms with Crippen LogP contribution in [0.2, 0.25) is 0 Å². The second-order valence-corrected chi connectivity index (χ2v) is 4.73. The molecule has 3 amide bonds. The van der Waals surface area contributed by atoms with Crippen LogP contribution < -0.4 is 20.7 Å². The smallest absolute Gasteiger partial charge is 0.319 e. The van der Waals surface area contributed by atoms with E-state index in [0.717, 1.165) is 10.5 Å². The Balaban J connectivity index is 2.79. The van der Waals surface area contributed by atoms with Gasteiger partial charge in [0, 0.05) is 5.56 Å². The molecule has 0 heterocycles. The predicted molar refractivity (Wildman–Crippen MR) is 75.3 cm³/mol. The van der Waals surface area contributed by atoms with Crippen molar-refractivity contribution in [3.8, 4) is 5.75 Å². The van der Waals surface area contributed by atoms with Gasteiger partial charge in [-0.15, -0.1) is 0 Å². The number of imide groups is 1. The Labute approximate surface area is 123 Å². The zero-order chi connectivity index (χ0) is 16.0. The molecule has 0 bridgehead atoms. The number of methoxy groups -OCH3 is 1. The van der Waals surface area contributed by atoms with E-state index in [0.29, 0.717) is 13.1 Å². The summed E-state index contributed by atoms with van der Waals surface area (Å²) in [5.41, 5.74) is 5.67. The predicted octanol–water partition coefficient (Wildman–Crippen LogP) is -0.177. The number of benzene rings is 1. The van der Waals surface area contributed by atoms with E-state index in [1.54, 1.807) is 19.1 Å². The average molecular weight is 298 g/mol. The summed E-state index contributed by atoms with van der Waals surface area (Å²) in [5, 5.41) is 2.06. The fraction of sp³-hybridized carbons (Fsp3) is 0.429. The first-order valence-corrected chi connectivity index (χ1v) is 6.66. The van der Waals surface area contributed by atoms with Gasteiger partial charge in [0.15, 0.2) is 17.6 Å². The van der Waals surface area contributed by atoms with Gasteiger partial charge < -0.3 is 15.4 Å². The van der Waals surface area contributed by atoms with Gasteiger partial charge in [-0.1, -0.05) is 0 Å². The number of urea groups is 1. The topological polar surface area (TPSA) is 85.9 Å². The Kier molecular flexibility index (Phi) is 6.10. The van der Waals surface area contributed by atoms with Gasteiger partial charge in [-0.3, -0.25) is 10.1 Å². The number of likely N-dealkylation sites (N-methyl/N-ethyl adjacent to an activating group) is 1. The lowest BCUT2D eigenvalue weighted by Crippen LogP contribution is -3.15. The monoisotopic (exact) mass is 298 g/mol. The highest BCUT2D eigenvalue weighted by Gasteiger charge is 2.25. The number of amides is 3. The first-order valence-electron chi connectivity index (χ1n) is 6.66. The Morgan fingerprint density at radius 2 is 2.14 bits per heavy atom. The number of carbonyl (C=O) groups is 2. The van der Waals surface area contributed by atoms with Crippen LogP contribution in [0.25, 0.3) is 0 Å². The van der Waals surface area contributed by atoms with Gasteiger partial charge in [-0.25, -0.2) is 9.18 Å². The third-order valence-electron chi connectivity index (χ3n) is 3.35. The standard InChI is InChI=1S/C14H20FN3O3/c1-4-18(9(2)13(19)17-14(16)20)8-10-5-6-12(21-3)11(15)7-10/h5-7,9H,4,8H2,1-3H3,(H3,16,17,19,20)/p+1/t9-/m0/s1. The minimum atomic E-state index is -0.877. The summed E-state index contributed by atoms with van der Waals surface area (Å²) >= 11 is 0. The van der Waals surface area contributed by atoms with Crippen molar-refractivity contribution >= 4 is 11.9 Å². The summed E-state index contributed by atoms with van der Waals surface area (Å²) in [7, 11) is 1.40. The number of ether oxygens (including phenoxy) is 1. The molecule has 7 heteroatoms. The maximum absolute atomic E-state index is 13.7. The van der Waals surface area contributed by atoms with Gasteiger partial charge in [0.25, 0.3) is 5.91 Å². The average Bonchev–Trinajstić information content (AvgIpc) is 2.43. The van der Waals surface area contributed by atoms with Crippen LogP contribution in [0.3, 0.4) is 0 Å². The number of quaternary nitrogens is 1. The number of nitrogens with two attached hydrogens (primary N) is 1. The number of carbonyl (C=O) groups excluding carboxylic acids is 2. The molecule has 0 saturated heterocycles. The molecule has 0 saturated carbocycles. The minimum Gasteiger partial charge on any atom is -0.494 e. The minimum absolute atomic E-state index is 0.177. The second-order valence-electron chi connectivity index (χ2n) is 4.73. The first kappa shape index (κ1) is 16.9. The van der Waals surface area contributed by atoms with E-state index in [4.69, 9.17) is 10.5 Å². The van der Waals surface area contributed by atoms with Crippen LogP contribution in [-0.2, 0) is 11.3 Å². The molecule has 0 aliphatic heterocycles. The SMILES string of the molecule is CC[NH+](Cc1ccc(OC)c(F)c1)[C@@H](C)C(=O)NC(N)=O. The molecular formula is C14H21FN3O3+. The third kappa shape index (κ3) is 4.71. The van der Waals surface area contributed by atoms with E-state index in [9.17, 15) is 14.0 Å². The molecule has 116 valence electrons. The molecule has 1 rings (SSSR count). The molecule has 0 aliphatic rings. The highest BCUT2D eigenvalue weighted by Crippen LogP contribution is 2.17. The molecule has 0 aliphatic carbocycles. The Hall–Kier alpha value is -2.15. The van der Waals surface area contributed by atoms with E-state index < -0.39 is 23.8 Å². The molecule has 21 heavy (non-hydrogen) atoms. The van der Waals surface area contributed by atoms with E-state index in [2.05, 4.69) is 5.32 Å². The van der Waals surface area contributed by atoms with E-state index in [-0.39, 0.29) is 5.75 Å². The van der Waals surface area contributed by atoms with Crippen molar-refractivity contribution in [2.45, 2.75) is 26.4 Å². The summed E-state index contributed by atoms with van der Waals surface area (Å²) in [6.07, 6.45) is 0. The lowest BCUT2D eigenvalue weighted by atomic mass is 10.1. The Morgan fingerprint density at radius 3 is 2.62 bits per heavy atom. The summed E-state index contributed by atoms with van der Waals surface area (Å²) in [6.45, 7) is 4.69. The Morgan fingerprint density at radius 1 is 1.48 bits per heavy atom. The normalized spacial score (nSPS) is 13.3. The molecule has 2 atom stereocenters. The molecular weight excluding hydrogens is 277 g/mol. The van der Waals surface area contributed by atoms with Crippen LogP contribution in [0.4, 0.5) is 9.18 Å². The van der Waals surface area contributed by atoms with Crippen molar-refractivity contribution in [3.05, 3.63) is 29.6 Å². The summed E-state index contributed by atoms with van der Waals surface area (Å²) in [6, 6.07) is 3.32. The summed E-state index contributed by atoms with van der Waals surface area (Å²) in [5.74, 6) is -0.718. The second kappa shape index (κ2) is 7.58. The highest BCUT2D eigenvalue weighted by molar-refractivity contribution is 5.95. The molecule has 4 N–H and O–H groups in total. The largest absolute Gasteiger partial charge is 0.494 e. The van der Waals surface area contributed by atoms with Crippen molar-refractivity contribution in [1.82, 2.24) is 5.32 Å². The molecule has 6 nitrogen and oxygen atoms in total. The summed E-state index contributed by atoms with van der Waals surface area (Å²) < 4.78 is 18.5. The van der Waals surface area contributed by atoms with E-state index >= 15 is 0 Å². The van der Waals surface area contributed by atoms with Crippen LogP contribution in [0.5, 0.6) is 5.75 Å². The van der Waals surface area contributed by atoms with Crippen molar-refractivity contribution in [3.63, 3.8) is 0 Å². The maximum Gasteiger partial charge on any atom is 0.319 e. The lowest BCUT2D eigenvalue weighted by Gasteiger charge is -2.23. The molecule has 1 aromatic rings. The zero-order valence-corrected chi connectivity index (χ0v) is 12.4. The van der Waals surface area contributed by atoms with Gasteiger partial charge in [-0.05, 0) is 32.0 Å². The number of rotatable bonds is 6. The molecule has 1 unspecified atom stereocenters. The van der Waals surface area contributed by atoms with Crippen LogP contribution in [0, 0.1) is 5.82 Å². The maximum atomic E-state index is 13.7. The van der Waals surface area contributed by atoms with E-state index in [1.165, 1.54) is 13.2 Å². The van der Waals surface area contributed by atoms with Gasteiger partial charge in [0.2, 0.25) is 0 Å². The summed E-state index contributed by atoms with van der Waals surface area (Å²) in [4.78, 5) is 23.4. The van der Waals surface area contributed by atoms with Crippen LogP contribution in [0.15, 0.2) is 18.2 Å². The fourth-order valence-corrected chi connectivity index (χ4v) is 2.08. The Bertz CT molecular complexity index is 522. The molecule has 0 spiro atoms. The number of halogens is 1. The molecule has 0 fully saturated rings. The van der Waals surface area contributed by atoms with Crippen LogP contribution >= 0.6 is 0 Å². The van der Waals surface area contributed by atoms with Gasteiger partial charge in [-0.2, -0.15) is 0 Å². The van der Waals surface area contributed by atoms with Crippen LogP contribution in [0.1, 0.15) is 19.4 Å². The van der Waals surface area contributed by atoms with Crippen molar-refractivity contribution < 1.29 is 23.6 Å². The molecule has 1 aromatic carbocycles. The number of hydrogen-bond acceptors (Lipinski definition) is 3. The van der Waals surface area contributed by atoms with E-state index in [1.807, 2.05) is 6.92 Å². The number of hydrogen-bond donors (Lipinski definition) is 3.